The molecule has 88 valence electrons. The second-order valence-corrected chi connectivity index (χ2v) is 5.32. The average molecular weight is 214 g/mol. The van der Waals surface area contributed by atoms with E-state index in [1.807, 2.05) is 13.8 Å². The van der Waals surface area contributed by atoms with Crippen LogP contribution in [0.3, 0.4) is 0 Å². The van der Waals surface area contributed by atoms with E-state index in [1.54, 1.807) is 27.7 Å². The smallest absolute Gasteiger partial charge is 0.316 e. The zero-order valence-corrected chi connectivity index (χ0v) is 10.6. The lowest BCUT2D eigenvalue weighted by atomic mass is 9.97. The summed E-state index contributed by atoms with van der Waals surface area (Å²) in [5.41, 5.74) is -0.524. The summed E-state index contributed by atoms with van der Waals surface area (Å²) in [5, 5.41) is 0. The summed E-state index contributed by atoms with van der Waals surface area (Å²) in [5.74, 6) is -0.832. The van der Waals surface area contributed by atoms with Crippen molar-refractivity contribution in [3.05, 3.63) is 0 Å². The van der Waals surface area contributed by atoms with E-state index in [0.717, 1.165) is 0 Å². The molecule has 0 saturated heterocycles. The number of rotatable bonds is 4. The molecule has 0 aliphatic heterocycles. The fourth-order valence-electron chi connectivity index (χ4n) is 1.10. The van der Waals surface area contributed by atoms with Crippen LogP contribution in [0.15, 0.2) is 0 Å². The first-order valence-electron chi connectivity index (χ1n) is 5.39. The number of Topliss-reactive ketones (excluding diaryl/α,β-unsaturated/α-hetero) is 1. The van der Waals surface area contributed by atoms with Crippen molar-refractivity contribution in [1.29, 1.82) is 0 Å². The first kappa shape index (κ1) is 14.1. The lowest BCUT2D eigenvalue weighted by Crippen LogP contribution is -2.31. The molecule has 0 fully saturated rings. The van der Waals surface area contributed by atoms with Gasteiger partial charge < -0.3 is 4.74 Å². The minimum absolute atomic E-state index is 0.0424. The summed E-state index contributed by atoms with van der Waals surface area (Å²) in [4.78, 5) is 23.1. The highest BCUT2D eigenvalue weighted by atomic mass is 16.6. The van der Waals surface area contributed by atoms with Crippen LogP contribution in [0, 0.1) is 11.8 Å². The fraction of sp³-hybridized carbons (Fsp3) is 0.833. The van der Waals surface area contributed by atoms with Crippen molar-refractivity contribution in [3.8, 4) is 0 Å². The molecule has 1 atom stereocenters. The summed E-state index contributed by atoms with van der Waals surface area (Å²) < 4.78 is 5.14. The molecule has 0 rings (SSSR count). The lowest BCUT2D eigenvalue weighted by Gasteiger charge is -2.22. The third kappa shape index (κ3) is 6.26. The van der Waals surface area contributed by atoms with Crippen LogP contribution in [0.1, 0.15) is 48.0 Å². The third-order valence-corrected chi connectivity index (χ3v) is 1.85. The van der Waals surface area contributed by atoms with Crippen molar-refractivity contribution in [2.45, 2.75) is 53.6 Å². The second-order valence-electron chi connectivity index (χ2n) is 5.32. The van der Waals surface area contributed by atoms with Crippen LogP contribution >= 0.6 is 0 Å². The van der Waals surface area contributed by atoms with Gasteiger partial charge >= 0.3 is 5.97 Å². The Morgan fingerprint density at radius 2 is 1.60 bits per heavy atom. The monoisotopic (exact) mass is 214 g/mol. The van der Waals surface area contributed by atoms with Crippen LogP contribution < -0.4 is 0 Å². The molecule has 0 heterocycles. The van der Waals surface area contributed by atoms with Crippen molar-refractivity contribution < 1.29 is 14.3 Å². The minimum atomic E-state index is -0.647. The van der Waals surface area contributed by atoms with Gasteiger partial charge in [-0.3, -0.25) is 9.59 Å². The third-order valence-electron chi connectivity index (χ3n) is 1.85. The van der Waals surface area contributed by atoms with Crippen molar-refractivity contribution in [3.63, 3.8) is 0 Å². The van der Waals surface area contributed by atoms with E-state index in [9.17, 15) is 9.59 Å². The number of carbonyl (C=O) groups excluding carboxylic acids is 2. The van der Waals surface area contributed by atoms with E-state index < -0.39 is 17.5 Å². The number of ketones is 1. The van der Waals surface area contributed by atoms with Crippen LogP contribution in [-0.4, -0.2) is 17.4 Å². The van der Waals surface area contributed by atoms with E-state index in [0.29, 0.717) is 6.42 Å². The summed E-state index contributed by atoms with van der Waals surface area (Å²) in [7, 11) is 0. The summed E-state index contributed by atoms with van der Waals surface area (Å²) in [6.45, 7) is 10.9. The Morgan fingerprint density at radius 3 is 1.93 bits per heavy atom. The van der Waals surface area contributed by atoms with Gasteiger partial charge in [0.1, 0.15) is 17.3 Å². The Bertz CT molecular complexity index is 236. The number of ether oxygens (including phenoxy) is 1. The topological polar surface area (TPSA) is 43.4 Å². The molecule has 3 heteroatoms. The number of carbonyl (C=O) groups is 2. The molecule has 0 amide bonds. The van der Waals surface area contributed by atoms with Gasteiger partial charge in [-0.25, -0.2) is 0 Å². The van der Waals surface area contributed by atoms with Gasteiger partial charge in [0, 0.05) is 6.42 Å². The zero-order chi connectivity index (χ0) is 12.2. The highest BCUT2D eigenvalue weighted by Gasteiger charge is 2.26. The van der Waals surface area contributed by atoms with Gasteiger partial charge in [0.15, 0.2) is 0 Å². The van der Waals surface area contributed by atoms with Crippen LogP contribution in [0.25, 0.3) is 0 Å². The summed E-state index contributed by atoms with van der Waals surface area (Å²) >= 11 is 0. The van der Waals surface area contributed by atoms with E-state index in [-0.39, 0.29) is 11.7 Å². The maximum atomic E-state index is 11.6. The molecular weight excluding hydrogens is 192 g/mol. The van der Waals surface area contributed by atoms with E-state index in [4.69, 9.17) is 4.74 Å². The molecule has 0 spiro atoms. The Hall–Kier alpha value is -0.860. The highest BCUT2D eigenvalue weighted by Crippen LogP contribution is 2.14. The molecule has 0 radical (unpaired) electrons. The van der Waals surface area contributed by atoms with Gasteiger partial charge in [-0.2, -0.15) is 0 Å². The second kappa shape index (κ2) is 5.29. The molecule has 0 saturated carbocycles. The standard InChI is InChI=1S/C12H22O3/c1-8(2)7-10(13)9(3)11(14)15-12(4,5)6/h8-9H,7H2,1-6H3. The molecule has 0 N–H and O–H groups in total. The molecule has 0 aromatic carbocycles. The first-order valence-corrected chi connectivity index (χ1v) is 5.39. The van der Waals surface area contributed by atoms with E-state index in [1.165, 1.54) is 0 Å². The average Bonchev–Trinajstić information content (AvgIpc) is 1.98. The lowest BCUT2D eigenvalue weighted by molar-refractivity contribution is -0.161. The molecule has 0 aromatic rings. The predicted molar refractivity (Wildman–Crippen MR) is 59.5 cm³/mol. The van der Waals surface area contributed by atoms with Crippen LogP contribution in [0.2, 0.25) is 0 Å². The molecule has 0 bridgehead atoms. The van der Waals surface area contributed by atoms with Gasteiger partial charge in [0.2, 0.25) is 0 Å². The maximum Gasteiger partial charge on any atom is 0.316 e. The minimum Gasteiger partial charge on any atom is -0.459 e. The Kier molecular flexibility index (Phi) is 4.98. The summed E-state index contributed by atoms with van der Waals surface area (Å²) in [6.07, 6.45) is 0.431. The Labute approximate surface area is 92.2 Å². The molecule has 0 aliphatic carbocycles. The quantitative estimate of drug-likeness (QED) is 0.533. The fourth-order valence-corrected chi connectivity index (χ4v) is 1.10. The van der Waals surface area contributed by atoms with Gasteiger partial charge in [0.05, 0.1) is 0 Å². The van der Waals surface area contributed by atoms with Crippen molar-refractivity contribution in [1.82, 2.24) is 0 Å². The number of hydrogen-bond acceptors (Lipinski definition) is 3. The van der Waals surface area contributed by atoms with E-state index in [2.05, 4.69) is 0 Å². The molecule has 0 aromatic heterocycles. The Balaban J connectivity index is 4.26. The number of hydrogen-bond donors (Lipinski definition) is 0. The van der Waals surface area contributed by atoms with Gasteiger partial charge in [0.25, 0.3) is 0 Å². The van der Waals surface area contributed by atoms with Crippen molar-refractivity contribution >= 4 is 11.8 Å². The van der Waals surface area contributed by atoms with E-state index >= 15 is 0 Å². The largest absolute Gasteiger partial charge is 0.459 e. The van der Waals surface area contributed by atoms with Crippen LogP contribution in [0.5, 0.6) is 0 Å². The predicted octanol–water partition coefficient (Wildman–Crippen LogP) is 2.58. The van der Waals surface area contributed by atoms with Gasteiger partial charge in [-0.15, -0.1) is 0 Å². The van der Waals surface area contributed by atoms with Crippen molar-refractivity contribution in [2.24, 2.45) is 11.8 Å². The van der Waals surface area contributed by atoms with Gasteiger partial charge in [-0.05, 0) is 33.6 Å². The zero-order valence-electron chi connectivity index (χ0n) is 10.6. The summed E-state index contributed by atoms with van der Waals surface area (Å²) in [6, 6.07) is 0. The van der Waals surface area contributed by atoms with Crippen LogP contribution in [0.4, 0.5) is 0 Å². The maximum absolute atomic E-state index is 11.6. The molecule has 3 nitrogen and oxygen atoms in total. The number of esters is 1. The molecule has 0 aliphatic rings. The van der Waals surface area contributed by atoms with Crippen molar-refractivity contribution in [2.75, 3.05) is 0 Å². The normalized spacial score (nSPS) is 13.8. The first-order chi connectivity index (χ1) is 6.63. The Morgan fingerprint density at radius 1 is 1.13 bits per heavy atom. The molecule has 15 heavy (non-hydrogen) atoms. The van der Waals surface area contributed by atoms with Crippen LogP contribution in [-0.2, 0) is 14.3 Å². The molecule has 1 unspecified atom stereocenters. The highest BCUT2D eigenvalue weighted by molar-refractivity contribution is 5.98. The van der Waals surface area contributed by atoms with Gasteiger partial charge in [-0.1, -0.05) is 13.8 Å². The molecular formula is C12H22O3. The SMILES string of the molecule is CC(C)CC(=O)C(C)C(=O)OC(C)(C)C.